The summed E-state index contributed by atoms with van der Waals surface area (Å²) in [5, 5.41) is 4.96. The zero-order valence-electron chi connectivity index (χ0n) is 9.92. The van der Waals surface area contributed by atoms with Gasteiger partial charge in [-0.2, -0.15) is 0 Å². The molecule has 3 N–H and O–H groups in total. The Morgan fingerprint density at radius 1 is 1.28 bits per heavy atom. The molecule has 0 fully saturated rings. The lowest BCUT2D eigenvalue weighted by Gasteiger charge is -2.04. The van der Waals surface area contributed by atoms with E-state index in [0.717, 1.165) is 17.8 Å². The van der Waals surface area contributed by atoms with Crippen molar-refractivity contribution >= 4 is 31.4 Å². The van der Waals surface area contributed by atoms with Gasteiger partial charge in [0.2, 0.25) is 20.0 Å². The van der Waals surface area contributed by atoms with E-state index in [9.17, 15) is 16.8 Å². The molecule has 0 spiro atoms. The minimum Gasteiger partial charge on any atom is -0.224 e. The molecule has 0 aliphatic rings. The van der Waals surface area contributed by atoms with Gasteiger partial charge in [0.15, 0.2) is 0 Å². The average Bonchev–Trinajstić information content (AvgIpc) is 2.72. The van der Waals surface area contributed by atoms with Crippen LogP contribution in [0.15, 0.2) is 16.3 Å². The standard InChI is InChI=1S/C9H16N2O4S3/c1-2-3-6-17(12,13)11-7-8-4-5-9(16-8)18(10,14)15/h4-5,11H,2-3,6-7H2,1H3,(H2,10,14,15). The first-order valence-corrected chi connectivity index (χ1v) is 9.35. The Morgan fingerprint density at radius 2 is 1.94 bits per heavy atom. The molecule has 0 bridgehead atoms. The highest BCUT2D eigenvalue weighted by atomic mass is 32.2. The summed E-state index contributed by atoms with van der Waals surface area (Å²) in [5.41, 5.74) is 0. The first-order valence-electron chi connectivity index (χ1n) is 5.33. The molecular formula is C9H16N2O4S3. The summed E-state index contributed by atoms with van der Waals surface area (Å²) in [6.07, 6.45) is 1.40. The summed E-state index contributed by atoms with van der Waals surface area (Å²) >= 11 is 0.964. The van der Waals surface area contributed by atoms with Crippen molar-refractivity contribution in [3.8, 4) is 0 Å². The highest BCUT2D eigenvalue weighted by Gasteiger charge is 2.13. The maximum Gasteiger partial charge on any atom is 0.247 e. The predicted molar refractivity (Wildman–Crippen MR) is 71.2 cm³/mol. The highest BCUT2D eigenvalue weighted by molar-refractivity contribution is 7.91. The minimum absolute atomic E-state index is 0.0326. The van der Waals surface area contributed by atoms with Crippen LogP contribution < -0.4 is 9.86 Å². The molecule has 104 valence electrons. The Labute approximate surface area is 111 Å². The zero-order chi connectivity index (χ0) is 13.8. The molecule has 1 aromatic rings. The Morgan fingerprint density at radius 3 is 2.44 bits per heavy atom. The number of hydrogen-bond acceptors (Lipinski definition) is 5. The summed E-state index contributed by atoms with van der Waals surface area (Å²) < 4.78 is 47.6. The topological polar surface area (TPSA) is 106 Å². The molecule has 0 saturated carbocycles. The van der Waals surface area contributed by atoms with Gasteiger partial charge in [0.1, 0.15) is 4.21 Å². The van der Waals surface area contributed by atoms with Crippen LogP contribution >= 0.6 is 11.3 Å². The van der Waals surface area contributed by atoms with Crippen molar-refractivity contribution in [3.05, 3.63) is 17.0 Å². The van der Waals surface area contributed by atoms with Gasteiger partial charge in [0, 0.05) is 11.4 Å². The van der Waals surface area contributed by atoms with Gasteiger partial charge in [-0.05, 0) is 18.6 Å². The molecule has 18 heavy (non-hydrogen) atoms. The molecule has 0 unspecified atom stereocenters. The summed E-state index contributed by atoms with van der Waals surface area (Å²) in [6.45, 7) is 2.00. The summed E-state index contributed by atoms with van der Waals surface area (Å²) in [7, 11) is -7.00. The van der Waals surface area contributed by atoms with E-state index in [1.54, 1.807) is 6.07 Å². The Bertz CT molecular complexity index is 589. The third-order valence-corrected chi connectivity index (χ3v) is 6.08. The fraction of sp³-hybridized carbons (Fsp3) is 0.556. The number of rotatable bonds is 7. The third-order valence-electron chi connectivity index (χ3n) is 2.15. The lowest BCUT2D eigenvalue weighted by molar-refractivity contribution is 0.578. The van der Waals surface area contributed by atoms with Gasteiger partial charge >= 0.3 is 0 Å². The summed E-state index contributed by atoms with van der Waals surface area (Å²) in [6, 6.07) is 2.92. The van der Waals surface area contributed by atoms with Gasteiger partial charge in [-0.3, -0.25) is 0 Å². The molecule has 1 heterocycles. The fourth-order valence-electron chi connectivity index (χ4n) is 1.19. The van der Waals surface area contributed by atoms with Gasteiger partial charge in [0.25, 0.3) is 0 Å². The average molecular weight is 312 g/mol. The van der Waals surface area contributed by atoms with Gasteiger partial charge in [-0.1, -0.05) is 13.3 Å². The largest absolute Gasteiger partial charge is 0.247 e. The fourth-order valence-corrected chi connectivity index (χ4v) is 4.19. The number of nitrogens with two attached hydrogens (primary N) is 1. The summed E-state index contributed by atoms with van der Waals surface area (Å²) in [5.74, 6) is 0.0803. The van der Waals surface area contributed by atoms with Crippen molar-refractivity contribution in [1.82, 2.24) is 4.72 Å². The SMILES string of the molecule is CCCCS(=O)(=O)NCc1ccc(S(N)(=O)=O)s1. The molecule has 0 saturated heterocycles. The Balaban J connectivity index is 2.62. The van der Waals surface area contributed by atoms with E-state index < -0.39 is 20.0 Å². The van der Waals surface area contributed by atoms with Crippen molar-refractivity contribution in [2.24, 2.45) is 5.14 Å². The van der Waals surface area contributed by atoms with Gasteiger partial charge in [-0.25, -0.2) is 26.7 Å². The van der Waals surface area contributed by atoms with Crippen LogP contribution in [-0.2, 0) is 26.6 Å². The van der Waals surface area contributed by atoms with Crippen LogP contribution in [0.1, 0.15) is 24.6 Å². The number of nitrogens with one attached hydrogen (secondary N) is 1. The second-order valence-electron chi connectivity index (χ2n) is 3.76. The maximum absolute atomic E-state index is 11.5. The van der Waals surface area contributed by atoms with E-state index in [-0.39, 0.29) is 16.5 Å². The van der Waals surface area contributed by atoms with Gasteiger partial charge in [0.05, 0.1) is 5.75 Å². The molecule has 0 atom stereocenters. The first kappa shape index (κ1) is 15.6. The van der Waals surface area contributed by atoms with Crippen LogP contribution in [0.5, 0.6) is 0 Å². The Hall–Kier alpha value is -0.480. The van der Waals surface area contributed by atoms with Gasteiger partial charge < -0.3 is 0 Å². The van der Waals surface area contributed by atoms with Crippen LogP contribution in [0.4, 0.5) is 0 Å². The number of thiophene rings is 1. The van der Waals surface area contributed by atoms with Crippen molar-refractivity contribution in [3.63, 3.8) is 0 Å². The molecule has 1 aromatic heterocycles. The maximum atomic E-state index is 11.5. The lowest BCUT2D eigenvalue weighted by Crippen LogP contribution is -2.25. The van der Waals surface area contributed by atoms with E-state index in [0.29, 0.717) is 11.3 Å². The van der Waals surface area contributed by atoms with E-state index >= 15 is 0 Å². The van der Waals surface area contributed by atoms with Crippen molar-refractivity contribution < 1.29 is 16.8 Å². The van der Waals surface area contributed by atoms with E-state index in [1.807, 2.05) is 6.92 Å². The van der Waals surface area contributed by atoms with Crippen LogP contribution in [0.3, 0.4) is 0 Å². The van der Waals surface area contributed by atoms with E-state index in [4.69, 9.17) is 5.14 Å². The molecule has 6 nitrogen and oxygen atoms in total. The smallest absolute Gasteiger partial charge is 0.224 e. The number of primary sulfonamides is 1. The lowest BCUT2D eigenvalue weighted by atomic mass is 10.4. The van der Waals surface area contributed by atoms with Crippen LogP contribution in [-0.4, -0.2) is 22.6 Å². The molecule has 9 heteroatoms. The molecule has 0 aliphatic carbocycles. The number of unbranched alkanes of at least 4 members (excludes halogenated alkanes) is 1. The quantitative estimate of drug-likeness (QED) is 0.769. The molecule has 0 radical (unpaired) electrons. The van der Waals surface area contributed by atoms with Crippen LogP contribution in [0.25, 0.3) is 0 Å². The minimum atomic E-state index is -3.71. The third kappa shape index (κ3) is 5.02. The van der Waals surface area contributed by atoms with E-state index in [1.165, 1.54) is 6.07 Å². The first-order chi connectivity index (χ1) is 8.24. The second kappa shape index (κ2) is 6.11. The monoisotopic (exact) mass is 312 g/mol. The number of hydrogen-bond donors (Lipinski definition) is 2. The van der Waals surface area contributed by atoms with Crippen LogP contribution in [0.2, 0.25) is 0 Å². The van der Waals surface area contributed by atoms with Crippen LogP contribution in [0, 0.1) is 0 Å². The molecule has 0 amide bonds. The number of sulfonamides is 2. The summed E-state index contributed by atoms with van der Waals surface area (Å²) in [4.78, 5) is 0.610. The Kier molecular flexibility index (Phi) is 5.29. The van der Waals surface area contributed by atoms with Crippen molar-refractivity contribution in [2.45, 2.75) is 30.5 Å². The zero-order valence-corrected chi connectivity index (χ0v) is 12.4. The molecular weight excluding hydrogens is 296 g/mol. The highest BCUT2D eigenvalue weighted by Crippen LogP contribution is 2.20. The molecule has 0 aliphatic heterocycles. The molecule has 1 rings (SSSR count). The van der Waals surface area contributed by atoms with Gasteiger partial charge in [-0.15, -0.1) is 11.3 Å². The molecule has 0 aromatic carbocycles. The van der Waals surface area contributed by atoms with Crippen molar-refractivity contribution in [2.75, 3.05) is 5.75 Å². The normalized spacial score (nSPS) is 12.8. The van der Waals surface area contributed by atoms with E-state index in [2.05, 4.69) is 4.72 Å². The second-order valence-corrected chi connectivity index (χ2v) is 8.64. The van der Waals surface area contributed by atoms with Crippen molar-refractivity contribution in [1.29, 1.82) is 0 Å². The predicted octanol–water partition coefficient (Wildman–Crippen LogP) is 0.615.